The first-order valence-corrected chi connectivity index (χ1v) is 10.0. The Balaban J connectivity index is 1.46. The molecule has 2 aromatic carbocycles. The molecule has 2 atom stereocenters. The number of nitrogens with one attached hydrogen (secondary N) is 2. The SMILES string of the molecule is Cc1ccc(NC(=O)[C@@H]2CCCN2C(=O)[C@@H]2Cc3ccccc3CN2)c(C)c1. The lowest BCUT2D eigenvalue weighted by molar-refractivity contribution is -0.138. The molecule has 5 nitrogen and oxygen atoms in total. The Hall–Kier alpha value is -2.66. The van der Waals surface area contributed by atoms with Crippen LogP contribution in [0.5, 0.6) is 0 Å². The van der Waals surface area contributed by atoms with Gasteiger partial charge in [0.05, 0.1) is 6.04 Å². The molecule has 0 saturated carbocycles. The van der Waals surface area contributed by atoms with E-state index in [1.165, 1.54) is 11.1 Å². The number of aryl methyl sites for hydroxylation is 2. The van der Waals surface area contributed by atoms with Crippen LogP contribution in [0.1, 0.15) is 35.1 Å². The third-order valence-corrected chi connectivity index (χ3v) is 5.86. The average Bonchev–Trinajstić information content (AvgIpc) is 3.19. The zero-order valence-corrected chi connectivity index (χ0v) is 16.5. The van der Waals surface area contributed by atoms with Gasteiger partial charge in [0.15, 0.2) is 0 Å². The first-order valence-electron chi connectivity index (χ1n) is 10.0. The normalized spacial score (nSPS) is 21.3. The van der Waals surface area contributed by atoms with Gasteiger partial charge in [-0.3, -0.25) is 9.59 Å². The molecule has 1 saturated heterocycles. The molecule has 5 heteroatoms. The van der Waals surface area contributed by atoms with Gasteiger partial charge in [0.1, 0.15) is 6.04 Å². The van der Waals surface area contributed by atoms with E-state index in [0.29, 0.717) is 25.9 Å². The number of hydrogen-bond acceptors (Lipinski definition) is 3. The summed E-state index contributed by atoms with van der Waals surface area (Å²) in [6.45, 7) is 5.36. The van der Waals surface area contributed by atoms with Crippen LogP contribution in [0, 0.1) is 13.8 Å². The summed E-state index contributed by atoms with van der Waals surface area (Å²) in [5, 5.41) is 6.38. The van der Waals surface area contributed by atoms with Gasteiger partial charge >= 0.3 is 0 Å². The van der Waals surface area contributed by atoms with E-state index in [1.807, 2.05) is 38.1 Å². The highest BCUT2D eigenvalue weighted by molar-refractivity contribution is 5.98. The number of carbonyl (C=O) groups excluding carboxylic acids is 2. The van der Waals surface area contributed by atoms with Crippen molar-refractivity contribution in [2.24, 2.45) is 0 Å². The Kier molecular flexibility index (Phi) is 5.18. The van der Waals surface area contributed by atoms with Crippen molar-refractivity contribution in [3.8, 4) is 0 Å². The maximum absolute atomic E-state index is 13.2. The second-order valence-corrected chi connectivity index (χ2v) is 7.90. The number of carbonyl (C=O) groups is 2. The van der Waals surface area contributed by atoms with Crippen LogP contribution in [-0.4, -0.2) is 35.3 Å². The van der Waals surface area contributed by atoms with Gasteiger partial charge in [-0.25, -0.2) is 0 Å². The lowest BCUT2D eigenvalue weighted by atomic mass is 9.95. The summed E-state index contributed by atoms with van der Waals surface area (Å²) in [5.41, 5.74) is 5.48. The van der Waals surface area contributed by atoms with E-state index in [9.17, 15) is 9.59 Å². The number of benzene rings is 2. The zero-order valence-electron chi connectivity index (χ0n) is 16.5. The van der Waals surface area contributed by atoms with E-state index in [4.69, 9.17) is 0 Å². The lowest BCUT2D eigenvalue weighted by Crippen LogP contribution is -2.53. The maximum Gasteiger partial charge on any atom is 0.247 e. The van der Waals surface area contributed by atoms with Crippen LogP contribution in [0.3, 0.4) is 0 Å². The molecule has 0 bridgehead atoms. The van der Waals surface area contributed by atoms with Gasteiger partial charge in [0.2, 0.25) is 11.8 Å². The van der Waals surface area contributed by atoms with Crippen molar-refractivity contribution in [3.63, 3.8) is 0 Å². The van der Waals surface area contributed by atoms with Crippen LogP contribution >= 0.6 is 0 Å². The van der Waals surface area contributed by atoms with Gasteiger partial charge in [-0.05, 0) is 55.9 Å². The minimum absolute atomic E-state index is 0.0350. The van der Waals surface area contributed by atoms with Gasteiger partial charge < -0.3 is 15.5 Å². The quantitative estimate of drug-likeness (QED) is 0.865. The molecule has 0 spiro atoms. The molecule has 2 aromatic rings. The molecule has 0 aromatic heterocycles. The summed E-state index contributed by atoms with van der Waals surface area (Å²) in [7, 11) is 0. The smallest absolute Gasteiger partial charge is 0.247 e. The summed E-state index contributed by atoms with van der Waals surface area (Å²) in [6.07, 6.45) is 2.25. The molecular weight excluding hydrogens is 350 g/mol. The fourth-order valence-corrected chi connectivity index (χ4v) is 4.30. The Morgan fingerprint density at radius 3 is 2.68 bits per heavy atom. The Morgan fingerprint density at radius 2 is 1.89 bits per heavy atom. The van der Waals surface area contributed by atoms with Crippen molar-refractivity contribution in [3.05, 3.63) is 64.7 Å². The van der Waals surface area contributed by atoms with Crippen LogP contribution in [-0.2, 0) is 22.6 Å². The van der Waals surface area contributed by atoms with E-state index >= 15 is 0 Å². The second-order valence-electron chi connectivity index (χ2n) is 7.90. The van der Waals surface area contributed by atoms with Crippen molar-refractivity contribution in [2.45, 2.75) is 51.7 Å². The van der Waals surface area contributed by atoms with Gasteiger partial charge in [-0.15, -0.1) is 0 Å². The van der Waals surface area contributed by atoms with Gasteiger partial charge in [0.25, 0.3) is 0 Å². The van der Waals surface area contributed by atoms with Crippen molar-refractivity contribution in [2.75, 3.05) is 11.9 Å². The highest BCUT2D eigenvalue weighted by Crippen LogP contribution is 2.24. The number of nitrogens with zero attached hydrogens (tertiary/aromatic N) is 1. The van der Waals surface area contributed by atoms with Gasteiger partial charge in [0, 0.05) is 18.8 Å². The number of anilines is 1. The third-order valence-electron chi connectivity index (χ3n) is 5.86. The molecule has 0 aliphatic carbocycles. The standard InChI is InChI=1S/C23H27N3O2/c1-15-9-10-19(16(2)12-15)25-22(27)21-8-5-11-26(21)23(28)20-13-17-6-3-4-7-18(17)14-24-20/h3-4,6-7,9-10,12,20-21,24H,5,8,11,13-14H2,1-2H3,(H,25,27)/t20-,21-/m0/s1. The predicted octanol–water partition coefficient (Wildman–Crippen LogP) is 2.95. The number of likely N-dealkylation sites (tertiary alicyclic amines) is 1. The molecule has 1 fully saturated rings. The minimum Gasteiger partial charge on any atom is -0.329 e. The summed E-state index contributed by atoms with van der Waals surface area (Å²) < 4.78 is 0. The first kappa shape index (κ1) is 18.7. The lowest BCUT2D eigenvalue weighted by Gasteiger charge is -2.31. The van der Waals surface area contributed by atoms with Crippen molar-refractivity contribution >= 4 is 17.5 Å². The molecule has 0 unspecified atom stereocenters. The molecule has 0 radical (unpaired) electrons. The van der Waals surface area contributed by atoms with Crippen LogP contribution in [0.4, 0.5) is 5.69 Å². The molecule has 4 rings (SSSR count). The van der Waals surface area contributed by atoms with E-state index in [-0.39, 0.29) is 17.9 Å². The molecule has 146 valence electrons. The third kappa shape index (κ3) is 3.67. The van der Waals surface area contributed by atoms with E-state index < -0.39 is 6.04 Å². The van der Waals surface area contributed by atoms with E-state index in [2.05, 4.69) is 28.8 Å². The molecule has 2 N–H and O–H groups in total. The summed E-state index contributed by atoms with van der Waals surface area (Å²) >= 11 is 0. The highest BCUT2D eigenvalue weighted by Gasteiger charge is 2.38. The first-order chi connectivity index (χ1) is 13.5. The molecule has 2 heterocycles. The topological polar surface area (TPSA) is 61.4 Å². The molecular formula is C23H27N3O2. The predicted molar refractivity (Wildman–Crippen MR) is 110 cm³/mol. The fraction of sp³-hybridized carbons (Fsp3) is 0.391. The van der Waals surface area contributed by atoms with Crippen LogP contribution in [0.25, 0.3) is 0 Å². The molecule has 28 heavy (non-hydrogen) atoms. The van der Waals surface area contributed by atoms with Crippen LogP contribution < -0.4 is 10.6 Å². The van der Waals surface area contributed by atoms with Crippen molar-refractivity contribution in [1.82, 2.24) is 10.2 Å². The number of rotatable bonds is 3. The largest absolute Gasteiger partial charge is 0.329 e. The Bertz CT molecular complexity index is 908. The summed E-state index contributed by atoms with van der Waals surface area (Å²) in [6, 6.07) is 13.5. The van der Waals surface area contributed by atoms with Crippen molar-refractivity contribution in [1.29, 1.82) is 0 Å². The monoisotopic (exact) mass is 377 g/mol. The minimum atomic E-state index is -0.396. The Morgan fingerprint density at radius 1 is 1.11 bits per heavy atom. The summed E-state index contributed by atoms with van der Waals surface area (Å²) in [4.78, 5) is 27.9. The average molecular weight is 377 g/mol. The maximum atomic E-state index is 13.2. The number of amides is 2. The highest BCUT2D eigenvalue weighted by atomic mass is 16.2. The van der Waals surface area contributed by atoms with E-state index in [1.54, 1.807) is 4.90 Å². The number of hydrogen-bond donors (Lipinski definition) is 2. The molecule has 2 aliphatic heterocycles. The van der Waals surface area contributed by atoms with Crippen molar-refractivity contribution < 1.29 is 9.59 Å². The van der Waals surface area contributed by atoms with Crippen LogP contribution in [0.15, 0.2) is 42.5 Å². The fourth-order valence-electron chi connectivity index (χ4n) is 4.30. The molecule has 2 aliphatic rings. The second kappa shape index (κ2) is 7.76. The van der Waals surface area contributed by atoms with Crippen LogP contribution in [0.2, 0.25) is 0 Å². The Labute approximate surface area is 166 Å². The van der Waals surface area contributed by atoms with Gasteiger partial charge in [-0.1, -0.05) is 42.0 Å². The molecule has 2 amide bonds. The van der Waals surface area contributed by atoms with E-state index in [0.717, 1.165) is 23.2 Å². The number of fused-ring (bicyclic) bond motifs is 1. The summed E-state index contributed by atoms with van der Waals surface area (Å²) in [5.74, 6) is -0.0539. The zero-order chi connectivity index (χ0) is 19.7. The van der Waals surface area contributed by atoms with Gasteiger partial charge in [-0.2, -0.15) is 0 Å².